The van der Waals surface area contributed by atoms with Crippen LogP contribution < -0.4 is 0 Å². The SMILES string of the molecule is C=C(Cl)\C(O)=C(/C(F)=C/C=C1\CCCN(B(C)O)C1)[N+](=O)[O-]. The number of aliphatic hydroxyl groups is 1. The second kappa shape index (κ2) is 8.12. The van der Waals surface area contributed by atoms with Crippen LogP contribution in [0.3, 0.4) is 0 Å². The maximum atomic E-state index is 13.9. The van der Waals surface area contributed by atoms with Crippen molar-refractivity contribution >= 4 is 18.7 Å². The van der Waals surface area contributed by atoms with Crippen LogP contribution in [0.25, 0.3) is 0 Å². The highest BCUT2D eigenvalue weighted by Gasteiger charge is 2.25. The van der Waals surface area contributed by atoms with Crippen LogP contribution in [0.5, 0.6) is 0 Å². The smallest absolute Gasteiger partial charge is 0.376 e. The molecule has 0 spiro atoms. The Balaban J connectivity index is 3.00. The molecule has 1 aliphatic heterocycles. The van der Waals surface area contributed by atoms with Crippen molar-refractivity contribution in [2.45, 2.75) is 19.7 Å². The third-order valence-corrected chi connectivity index (χ3v) is 3.41. The first-order valence-corrected chi connectivity index (χ1v) is 7.02. The summed E-state index contributed by atoms with van der Waals surface area (Å²) < 4.78 is 13.9. The zero-order valence-corrected chi connectivity index (χ0v) is 12.9. The number of hydrogen-bond donors (Lipinski definition) is 2. The van der Waals surface area contributed by atoms with E-state index in [0.717, 1.165) is 24.6 Å². The Morgan fingerprint density at radius 3 is 2.77 bits per heavy atom. The van der Waals surface area contributed by atoms with Crippen LogP contribution in [-0.4, -0.2) is 40.0 Å². The zero-order valence-electron chi connectivity index (χ0n) is 12.1. The number of aliphatic hydroxyl groups excluding tert-OH is 1. The molecular formula is C13H17BClFN2O4. The van der Waals surface area contributed by atoms with E-state index in [-0.39, 0.29) is 0 Å². The van der Waals surface area contributed by atoms with Crippen LogP contribution in [0.2, 0.25) is 6.82 Å². The van der Waals surface area contributed by atoms with Crippen LogP contribution in [0.1, 0.15) is 12.8 Å². The van der Waals surface area contributed by atoms with E-state index in [9.17, 15) is 24.6 Å². The van der Waals surface area contributed by atoms with Gasteiger partial charge in [-0.25, -0.2) is 0 Å². The van der Waals surface area contributed by atoms with Gasteiger partial charge in [-0.1, -0.05) is 29.8 Å². The first kappa shape index (κ1) is 18.4. The predicted molar refractivity (Wildman–Crippen MR) is 83.6 cm³/mol. The lowest BCUT2D eigenvalue weighted by Crippen LogP contribution is -2.41. The van der Waals surface area contributed by atoms with Gasteiger partial charge in [-0.15, -0.1) is 0 Å². The van der Waals surface area contributed by atoms with Gasteiger partial charge < -0.3 is 14.9 Å². The van der Waals surface area contributed by atoms with E-state index in [4.69, 9.17) is 11.6 Å². The fourth-order valence-electron chi connectivity index (χ4n) is 2.07. The number of hydrogen-bond acceptors (Lipinski definition) is 5. The molecule has 120 valence electrons. The lowest BCUT2D eigenvalue weighted by molar-refractivity contribution is -0.425. The highest BCUT2D eigenvalue weighted by molar-refractivity contribution is 6.45. The second-order valence-corrected chi connectivity index (χ2v) is 5.36. The summed E-state index contributed by atoms with van der Waals surface area (Å²) in [7, 11) is -0.615. The van der Waals surface area contributed by atoms with Gasteiger partial charge >= 0.3 is 12.7 Å². The average Bonchev–Trinajstić information content (AvgIpc) is 2.45. The molecular weight excluding hydrogens is 313 g/mol. The molecule has 0 bridgehead atoms. The molecule has 1 aliphatic rings. The molecule has 0 atom stereocenters. The van der Waals surface area contributed by atoms with Gasteiger partial charge in [-0.2, -0.15) is 4.39 Å². The van der Waals surface area contributed by atoms with Crippen molar-refractivity contribution in [2.24, 2.45) is 0 Å². The summed E-state index contributed by atoms with van der Waals surface area (Å²) in [6.07, 6.45) is 3.83. The average molecular weight is 331 g/mol. The fourth-order valence-corrected chi connectivity index (χ4v) is 2.16. The molecule has 1 heterocycles. The van der Waals surface area contributed by atoms with Gasteiger partial charge in [-0.05, 0) is 32.3 Å². The highest BCUT2D eigenvalue weighted by atomic mass is 35.5. The van der Waals surface area contributed by atoms with Crippen LogP contribution in [-0.2, 0) is 0 Å². The molecule has 9 heteroatoms. The fraction of sp³-hybridized carbons (Fsp3) is 0.385. The van der Waals surface area contributed by atoms with Crippen LogP contribution in [0.15, 0.2) is 46.6 Å². The van der Waals surface area contributed by atoms with E-state index >= 15 is 0 Å². The van der Waals surface area contributed by atoms with Gasteiger partial charge in [-0.3, -0.25) is 10.1 Å². The van der Waals surface area contributed by atoms with Gasteiger partial charge in [0.15, 0.2) is 0 Å². The summed E-state index contributed by atoms with van der Waals surface area (Å²) in [6, 6.07) is 0. The van der Waals surface area contributed by atoms with Gasteiger partial charge in [0.2, 0.25) is 11.6 Å². The minimum absolute atomic E-state index is 0.452. The number of rotatable bonds is 5. The Bertz CT molecular complexity index is 560. The van der Waals surface area contributed by atoms with Crippen molar-refractivity contribution in [3.05, 3.63) is 56.7 Å². The molecule has 0 aromatic carbocycles. The minimum Gasteiger partial charge on any atom is -0.501 e. The van der Waals surface area contributed by atoms with Crippen molar-refractivity contribution in [3.8, 4) is 0 Å². The molecule has 2 N–H and O–H groups in total. The third-order valence-electron chi connectivity index (χ3n) is 3.23. The summed E-state index contributed by atoms with van der Waals surface area (Å²) in [4.78, 5) is 11.6. The molecule has 1 saturated heterocycles. The predicted octanol–water partition coefficient (Wildman–Crippen LogP) is 2.77. The Hall–Kier alpha value is -1.64. The molecule has 1 rings (SSSR count). The monoisotopic (exact) mass is 330 g/mol. The first-order valence-electron chi connectivity index (χ1n) is 6.64. The topological polar surface area (TPSA) is 86.8 Å². The maximum Gasteiger partial charge on any atom is 0.376 e. The summed E-state index contributed by atoms with van der Waals surface area (Å²) in [6.45, 7) is 5.95. The highest BCUT2D eigenvalue weighted by Crippen LogP contribution is 2.23. The van der Waals surface area contributed by atoms with E-state index in [1.54, 1.807) is 11.6 Å². The number of allylic oxidation sites excluding steroid dienone is 4. The molecule has 0 aromatic rings. The third kappa shape index (κ3) is 4.97. The lowest BCUT2D eigenvalue weighted by atomic mass is 9.82. The minimum atomic E-state index is -1.22. The Labute approximate surface area is 133 Å². The molecule has 22 heavy (non-hydrogen) atoms. The molecule has 6 nitrogen and oxygen atoms in total. The van der Waals surface area contributed by atoms with E-state index in [2.05, 4.69) is 6.58 Å². The normalized spacial score (nSPS) is 19.8. The van der Waals surface area contributed by atoms with Crippen molar-refractivity contribution in [3.63, 3.8) is 0 Å². The zero-order chi connectivity index (χ0) is 16.9. The van der Waals surface area contributed by atoms with Crippen molar-refractivity contribution in [1.29, 1.82) is 0 Å². The summed E-state index contributed by atoms with van der Waals surface area (Å²) in [5.41, 5.74) is -0.297. The molecule has 0 aromatic heterocycles. The molecule has 0 saturated carbocycles. The Kier molecular flexibility index (Phi) is 6.79. The molecule has 0 aliphatic carbocycles. The quantitative estimate of drug-likeness (QED) is 0.266. The second-order valence-electron chi connectivity index (χ2n) is 4.90. The van der Waals surface area contributed by atoms with Crippen molar-refractivity contribution in [2.75, 3.05) is 13.1 Å². The number of piperidine rings is 1. The summed E-state index contributed by atoms with van der Waals surface area (Å²) in [5, 5.41) is 29.3. The maximum absolute atomic E-state index is 13.9. The van der Waals surface area contributed by atoms with Crippen LogP contribution in [0.4, 0.5) is 4.39 Å². The number of halogens is 2. The van der Waals surface area contributed by atoms with Gasteiger partial charge in [0.05, 0.1) is 9.96 Å². The van der Waals surface area contributed by atoms with Crippen LogP contribution in [0, 0.1) is 10.1 Å². The lowest BCUT2D eigenvalue weighted by Gasteiger charge is -2.29. The molecule has 1 fully saturated rings. The van der Waals surface area contributed by atoms with Crippen molar-refractivity contribution in [1.82, 2.24) is 4.81 Å². The van der Waals surface area contributed by atoms with Gasteiger partial charge in [0, 0.05) is 6.54 Å². The van der Waals surface area contributed by atoms with E-state index in [1.807, 2.05) is 0 Å². The first-order chi connectivity index (χ1) is 10.2. The Morgan fingerprint density at radius 1 is 1.64 bits per heavy atom. The summed E-state index contributed by atoms with van der Waals surface area (Å²) >= 11 is 5.36. The molecule has 0 radical (unpaired) electrons. The van der Waals surface area contributed by atoms with E-state index in [1.165, 1.54) is 6.08 Å². The van der Waals surface area contributed by atoms with Gasteiger partial charge in [0.1, 0.15) is 0 Å². The van der Waals surface area contributed by atoms with Crippen LogP contribution >= 0.6 is 11.6 Å². The van der Waals surface area contributed by atoms with E-state index < -0.39 is 34.3 Å². The molecule has 0 unspecified atom stereocenters. The molecule has 0 amide bonds. The Morgan fingerprint density at radius 2 is 2.27 bits per heavy atom. The van der Waals surface area contributed by atoms with Gasteiger partial charge in [0.25, 0.3) is 0 Å². The summed E-state index contributed by atoms with van der Waals surface area (Å²) in [5.74, 6) is -2.22. The van der Waals surface area contributed by atoms with Crippen molar-refractivity contribution < 1.29 is 19.4 Å². The largest absolute Gasteiger partial charge is 0.501 e. The number of nitrogens with zero attached hydrogens (tertiary/aromatic N) is 2. The van der Waals surface area contributed by atoms with E-state index in [0.29, 0.717) is 13.0 Å². The standard InChI is InChI=1S/C13H17BClFN2O4/c1-9(15)13(19)12(18(21)22)11(16)6-5-10-4-3-7-17(8-10)14(2)20/h5-6,19-20H,1,3-4,7-8H2,2H3/b10-5+,11-6-,13-12-. The number of nitro groups is 1.